The van der Waals surface area contributed by atoms with Crippen molar-refractivity contribution in [3.8, 4) is 0 Å². The van der Waals surface area contributed by atoms with Crippen LogP contribution in [0.5, 0.6) is 0 Å². The smallest absolute Gasteiger partial charge is 0.269 e. The molecule has 0 saturated heterocycles. The van der Waals surface area contributed by atoms with Gasteiger partial charge in [0.15, 0.2) is 5.96 Å². The summed E-state index contributed by atoms with van der Waals surface area (Å²) in [7, 11) is 0. The van der Waals surface area contributed by atoms with E-state index >= 15 is 0 Å². The minimum atomic E-state index is -0.429. The summed E-state index contributed by atoms with van der Waals surface area (Å²) in [5, 5.41) is 17.0. The number of guanidine groups is 1. The first-order valence-corrected chi connectivity index (χ1v) is 8.19. The van der Waals surface area contributed by atoms with Gasteiger partial charge in [-0.25, -0.2) is 9.38 Å². The number of nitro groups is 1. The lowest BCUT2D eigenvalue weighted by Gasteiger charge is -2.11. The highest BCUT2D eigenvalue weighted by molar-refractivity contribution is 14.0. The summed E-state index contributed by atoms with van der Waals surface area (Å²) in [6.45, 7) is 5.25. The van der Waals surface area contributed by atoms with Gasteiger partial charge in [-0.3, -0.25) is 10.1 Å². The molecular formula is C19H22FIN4O2. The van der Waals surface area contributed by atoms with Crippen LogP contribution in [0, 0.1) is 15.9 Å². The van der Waals surface area contributed by atoms with Crippen LogP contribution in [0.25, 0.3) is 0 Å². The van der Waals surface area contributed by atoms with Gasteiger partial charge in [-0.15, -0.1) is 30.6 Å². The van der Waals surface area contributed by atoms with Crippen molar-refractivity contribution in [3.05, 3.63) is 88.2 Å². The second kappa shape index (κ2) is 12.0. The van der Waals surface area contributed by atoms with E-state index in [1.807, 2.05) is 0 Å². The number of nitrogens with zero attached hydrogens (tertiary/aromatic N) is 2. The average molecular weight is 484 g/mol. The average Bonchev–Trinajstić information content (AvgIpc) is 2.65. The van der Waals surface area contributed by atoms with E-state index in [2.05, 4.69) is 22.2 Å². The number of hydrogen-bond donors (Lipinski definition) is 2. The number of aliphatic imine (C=N–C) groups is 1. The van der Waals surface area contributed by atoms with Crippen molar-refractivity contribution in [1.29, 1.82) is 0 Å². The van der Waals surface area contributed by atoms with Crippen molar-refractivity contribution in [1.82, 2.24) is 10.6 Å². The number of non-ortho nitro benzene ring substituents is 1. The van der Waals surface area contributed by atoms with E-state index in [-0.39, 0.29) is 35.5 Å². The lowest BCUT2D eigenvalue weighted by molar-refractivity contribution is -0.384. The maximum atomic E-state index is 12.9. The molecule has 2 N–H and O–H groups in total. The van der Waals surface area contributed by atoms with Crippen molar-refractivity contribution in [3.63, 3.8) is 0 Å². The van der Waals surface area contributed by atoms with E-state index in [0.717, 1.165) is 17.5 Å². The van der Waals surface area contributed by atoms with Crippen LogP contribution in [0.4, 0.5) is 10.1 Å². The summed E-state index contributed by atoms with van der Waals surface area (Å²) in [4.78, 5) is 14.7. The van der Waals surface area contributed by atoms with Crippen LogP contribution in [0.1, 0.15) is 11.1 Å². The van der Waals surface area contributed by atoms with Crippen LogP contribution < -0.4 is 10.6 Å². The lowest BCUT2D eigenvalue weighted by atomic mass is 10.1. The van der Waals surface area contributed by atoms with Gasteiger partial charge >= 0.3 is 0 Å². The first-order valence-electron chi connectivity index (χ1n) is 8.19. The van der Waals surface area contributed by atoms with Crippen LogP contribution >= 0.6 is 24.0 Å². The zero-order chi connectivity index (χ0) is 18.8. The molecule has 0 atom stereocenters. The van der Waals surface area contributed by atoms with Gasteiger partial charge in [-0.1, -0.05) is 30.3 Å². The third-order valence-corrected chi connectivity index (χ3v) is 3.60. The number of rotatable bonds is 8. The number of nitrogens with one attached hydrogen (secondary N) is 2. The van der Waals surface area contributed by atoms with E-state index < -0.39 is 4.92 Å². The summed E-state index contributed by atoms with van der Waals surface area (Å²) in [6.07, 6.45) is 2.45. The second-order valence-electron chi connectivity index (χ2n) is 5.56. The summed E-state index contributed by atoms with van der Waals surface area (Å²) in [5.41, 5.74) is 1.95. The first-order chi connectivity index (χ1) is 12.6. The van der Waals surface area contributed by atoms with Crippen molar-refractivity contribution in [2.24, 2.45) is 4.99 Å². The molecule has 2 rings (SSSR count). The lowest BCUT2D eigenvalue weighted by Crippen LogP contribution is -2.38. The molecule has 6 nitrogen and oxygen atoms in total. The quantitative estimate of drug-likeness (QED) is 0.149. The van der Waals surface area contributed by atoms with E-state index in [1.54, 1.807) is 30.3 Å². The third kappa shape index (κ3) is 8.16. The Balaban J connectivity index is 0.00000364. The minimum absolute atomic E-state index is 0. The fourth-order valence-electron chi connectivity index (χ4n) is 2.21. The maximum absolute atomic E-state index is 12.9. The molecular weight excluding hydrogens is 462 g/mol. The Morgan fingerprint density at radius 2 is 1.74 bits per heavy atom. The Hall–Kier alpha value is -2.49. The molecule has 0 unspecified atom stereocenters. The predicted octanol–water partition coefficient (Wildman–Crippen LogP) is 3.82. The Labute approximate surface area is 174 Å². The molecule has 0 aliphatic rings. The molecule has 0 saturated carbocycles. The standard InChI is InChI=1S/C19H21FN4O2.HI/c1-2-12-21-19(22-13-11-15-3-7-17(20)8-4-15)23-14-16-5-9-18(10-6-16)24(25)26;/h2-10H,1,11-14H2,(H2,21,22,23);1H. The van der Waals surface area contributed by atoms with Gasteiger partial charge in [0.25, 0.3) is 5.69 Å². The minimum Gasteiger partial charge on any atom is -0.356 e. The number of hydrogen-bond acceptors (Lipinski definition) is 3. The van der Waals surface area contributed by atoms with Crippen molar-refractivity contribution in [2.45, 2.75) is 13.0 Å². The van der Waals surface area contributed by atoms with Gasteiger partial charge < -0.3 is 10.6 Å². The zero-order valence-corrected chi connectivity index (χ0v) is 17.1. The van der Waals surface area contributed by atoms with E-state index in [0.29, 0.717) is 25.6 Å². The second-order valence-corrected chi connectivity index (χ2v) is 5.56. The molecule has 27 heavy (non-hydrogen) atoms. The third-order valence-electron chi connectivity index (χ3n) is 3.60. The molecule has 0 aliphatic heterocycles. The molecule has 0 heterocycles. The largest absolute Gasteiger partial charge is 0.356 e. The maximum Gasteiger partial charge on any atom is 0.269 e. The predicted molar refractivity (Wildman–Crippen MR) is 116 cm³/mol. The molecule has 0 fully saturated rings. The molecule has 8 heteroatoms. The molecule has 2 aromatic rings. The Bertz CT molecular complexity index is 764. The van der Waals surface area contributed by atoms with Gasteiger partial charge in [-0.2, -0.15) is 0 Å². The monoisotopic (exact) mass is 484 g/mol. The summed E-state index contributed by atoms with van der Waals surface area (Å²) in [5.74, 6) is 0.366. The van der Waals surface area contributed by atoms with Crippen LogP contribution in [-0.2, 0) is 13.0 Å². The van der Waals surface area contributed by atoms with Gasteiger partial charge in [-0.05, 0) is 29.7 Å². The fraction of sp³-hybridized carbons (Fsp3) is 0.211. The summed E-state index contributed by atoms with van der Waals surface area (Å²) >= 11 is 0. The molecule has 2 aromatic carbocycles. The molecule has 0 amide bonds. The van der Waals surface area contributed by atoms with Gasteiger partial charge in [0.05, 0.1) is 11.5 Å². The highest BCUT2D eigenvalue weighted by Crippen LogP contribution is 2.12. The fourth-order valence-corrected chi connectivity index (χ4v) is 2.21. The molecule has 0 radical (unpaired) electrons. The highest BCUT2D eigenvalue weighted by atomic mass is 127. The summed E-state index contributed by atoms with van der Waals surface area (Å²) < 4.78 is 12.9. The van der Waals surface area contributed by atoms with Crippen molar-refractivity contribution < 1.29 is 9.31 Å². The van der Waals surface area contributed by atoms with E-state index in [9.17, 15) is 14.5 Å². The van der Waals surface area contributed by atoms with Gasteiger partial charge in [0.1, 0.15) is 5.82 Å². The Morgan fingerprint density at radius 3 is 2.33 bits per heavy atom. The molecule has 0 aromatic heterocycles. The van der Waals surface area contributed by atoms with Gasteiger partial charge in [0, 0.05) is 25.2 Å². The van der Waals surface area contributed by atoms with Crippen LogP contribution in [0.3, 0.4) is 0 Å². The van der Waals surface area contributed by atoms with E-state index in [1.165, 1.54) is 24.3 Å². The van der Waals surface area contributed by atoms with Crippen LogP contribution in [-0.4, -0.2) is 24.0 Å². The molecule has 0 bridgehead atoms. The van der Waals surface area contributed by atoms with Crippen LogP contribution in [0.2, 0.25) is 0 Å². The summed E-state index contributed by atoms with van der Waals surface area (Å²) in [6, 6.07) is 12.7. The number of nitro benzene ring substituents is 1. The zero-order valence-electron chi connectivity index (χ0n) is 14.7. The molecule has 144 valence electrons. The Morgan fingerprint density at radius 1 is 1.11 bits per heavy atom. The molecule has 0 aliphatic carbocycles. The molecule has 0 spiro atoms. The van der Waals surface area contributed by atoms with Crippen molar-refractivity contribution in [2.75, 3.05) is 13.1 Å². The SMILES string of the molecule is C=CCNC(=NCc1ccc([N+](=O)[O-])cc1)NCCc1ccc(F)cc1.I. The topological polar surface area (TPSA) is 79.6 Å². The van der Waals surface area contributed by atoms with Crippen LogP contribution in [0.15, 0.2) is 66.2 Å². The highest BCUT2D eigenvalue weighted by Gasteiger charge is 2.04. The van der Waals surface area contributed by atoms with Crippen molar-refractivity contribution >= 4 is 35.6 Å². The van der Waals surface area contributed by atoms with Gasteiger partial charge in [0.2, 0.25) is 0 Å². The first kappa shape index (κ1) is 22.6. The van der Waals surface area contributed by atoms with E-state index in [4.69, 9.17) is 0 Å². The Kier molecular flexibility index (Phi) is 10.0. The number of benzene rings is 2. The number of halogens is 2. The normalized spacial score (nSPS) is 10.6.